The summed E-state index contributed by atoms with van der Waals surface area (Å²) in [7, 11) is 0. The molecule has 2 aromatic rings. The van der Waals surface area contributed by atoms with Crippen LogP contribution in [0.1, 0.15) is 17.0 Å². The first kappa shape index (κ1) is 11.2. The molecule has 0 radical (unpaired) electrons. The van der Waals surface area contributed by atoms with Gasteiger partial charge in [-0.05, 0) is 28.3 Å². The van der Waals surface area contributed by atoms with Crippen LogP contribution in [-0.2, 0) is 4.79 Å². The molecule has 3 rings (SSSR count). The van der Waals surface area contributed by atoms with Crippen molar-refractivity contribution in [2.24, 2.45) is 0 Å². The Morgan fingerprint density at radius 3 is 2.00 bits per heavy atom. The van der Waals surface area contributed by atoms with E-state index in [0.29, 0.717) is 0 Å². The summed E-state index contributed by atoms with van der Waals surface area (Å²) in [6.45, 7) is 0. The average Bonchev–Trinajstić information content (AvgIpc) is 3.16. The SMILES string of the molecule is O=C(Cl)C1=C(c2ccccc2)[C@@H]1c1ccccc1. The minimum Gasteiger partial charge on any atom is -0.276 e. The summed E-state index contributed by atoms with van der Waals surface area (Å²) in [6.07, 6.45) is 0. The summed E-state index contributed by atoms with van der Waals surface area (Å²) in [6, 6.07) is 19.9. The molecule has 0 spiro atoms. The van der Waals surface area contributed by atoms with Crippen LogP contribution < -0.4 is 0 Å². The molecule has 0 saturated heterocycles. The molecule has 88 valence electrons. The number of benzene rings is 2. The van der Waals surface area contributed by atoms with Gasteiger partial charge in [-0.2, -0.15) is 0 Å². The van der Waals surface area contributed by atoms with E-state index in [0.717, 1.165) is 22.3 Å². The maximum absolute atomic E-state index is 11.5. The summed E-state index contributed by atoms with van der Waals surface area (Å²) in [4.78, 5) is 11.5. The number of hydrogen-bond acceptors (Lipinski definition) is 1. The first-order chi connectivity index (χ1) is 8.79. The van der Waals surface area contributed by atoms with Crippen molar-refractivity contribution in [2.45, 2.75) is 5.92 Å². The van der Waals surface area contributed by atoms with Gasteiger partial charge in [0.15, 0.2) is 0 Å². The van der Waals surface area contributed by atoms with E-state index in [4.69, 9.17) is 11.6 Å². The highest BCUT2D eigenvalue weighted by molar-refractivity contribution is 6.69. The van der Waals surface area contributed by atoms with Crippen LogP contribution in [0.15, 0.2) is 66.2 Å². The Bertz CT molecular complexity index is 614. The zero-order valence-corrected chi connectivity index (χ0v) is 10.4. The van der Waals surface area contributed by atoms with Gasteiger partial charge >= 0.3 is 0 Å². The summed E-state index contributed by atoms with van der Waals surface area (Å²) in [5.74, 6) is 0.0681. The Hall–Kier alpha value is -1.86. The highest BCUT2D eigenvalue weighted by Gasteiger charge is 2.42. The second-order valence-corrected chi connectivity index (χ2v) is 4.65. The topological polar surface area (TPSA) is 17.1 Å². The third-order valence-electron chi connectivity index (χ3n) is 3.21. The molecule has 0 fully saturated rings. The fraction of sp³-hybridized carbons (Fsp3) is 0.0625. The molecule has 0 saturated carbocycles. The maximum atomic E-state index is 11.5. The number of rotatable bonds is 3. The Morgan fingerprint density at radius 1 is 0.889 bits per heavy atom. The molecule has 0 amide bonds. The average molecular weight is 255 g/mol. The van der Waals surface area contributed by atoms with E-state index in [1.54, 1.807) is 0 Å². The number of allylic oxidation sites excluding steroid dienone is 2. The first-order valence-electron chi connectivity index (χ1n) is 5.83. The standard InChI is InChI=1S/C16H11ClO/c17-16(18)15-13(11-7-3-1-4-8-11)14(15)12-9-5-2-6-10-12/h1-10,13H/t13-/m0/s1. The van der Waals surface area contributed by atoms with Gasteiger partial charge in [0.2, 0.25) is 5.24 Å². The van der Waals surface area contributed by atoms with Crippen LogP contribution >= 0.6 is 11.6 Å². The first-order valence-corrected chi connectivity index (χ1v) is 6.21. The maximum Gasteiger partial charge on any atom is 0.249 e. The van der Waals surface area contributed by atoms with Crippen LogP contribution in [0.4, 0.5) is 0 Å². The lowest BCUT2D eigenvalue weighted by atomic mass is 10.0. The van der Waals surface area contributed by atoms with Crippen LogP contribution in [0.3, 0.4) is 0 Å². The van der Waals surface area contributed by atoms with Gasteiger partial charge in [-0.3, -0.25) is 4.79 Å². The quantitative estimate of drug-likeness (QED) is 0.757. The lowest BCUT2D eigenvalue weighted by Crippen LogP contribution is -1.88. The van der Waals surface area contributed by atoms with Crippen LogP contribution in [0, 0.1) is 0 Å². The van der Waals surface area contributed by atoms with Crippen LogP contribution in [0.2, 0.25) is 0 Å². The van der Waals surface area contributed by atoms with Crippen LogP contribution in [-0.4, -0.2) is 5.24 Å². The molecule has 2 heteroatoms. The normalized spacial score (nSPS) is 17.7. The highest BCUT2D eigenvalue weighted by atomic mass is 35.5. The number of hydrogen-bond donors (Lipinski definition) is 0. The lowest BCUT2D eigenvalue weighted by molar-refractivity contribution is -0.108. The van der Waals surface area contributed by atoms with E-state index in [-0.39, 0.29) is 11.2 Å². The molecule has 2 aromatic carbocycles. The molecule has 0 N–H and O–H groups in total. The zero-order chi connectivity index (χ0) is 12.5. The van der Waals surface area contributed by atoms with Gasteiger partial charge < -0.3 is 0 Å². The molecule has 1 nitrogen and oxygen atoms in total. The molecule has 0 heterocycles. The van der Waals surface area contributed by atoms with Crippen molar-refractivity contribution < 1.29 is 4.79 Å². The van der Waals surface area contributed by atoms with Crippen molar-refractivity contribution in [3.63, 3.8) is 0 Å². The van der Waals surface area contributed by atoms with E-state index < -0.39 is 0 Å². The Balaban J connectivity index is 2.00. The summed E-state index contributed by atoms with van der Waals surface area (Å²) < 4.78 is 0. The molecule has 1 atom stereocenters. The van der Waals surface area contributed by atoms with Crippen LogP contribution in [0.5, 0.6) is 0 Å². The second kappa shape index (κ2) is 4.43. The Morgan fingerprint density at radius 2 is 1.44 bits per heavy atom. The van der Waals surface area contributed by atoms with Gasteiger partial charge in [-0.15, -0.1) is 0 Å². The molecule has 0 unspecified atom stereocenters. The summed E-state index contributed by atoms with van der Waals surface area (Å²) >= 11 is 5.67. The van der Waals surface area contributed by atoms with Gasteiger partial charge in [0.1, 0.15) is 0 Å². The Kier molecular flexibility index (Phi) is 2.77. The van der Waals surface area contributed by atoms with Crippen molar-refractivity contribution in [1.82, 2.24) is 0 Å². The fourth-order valence-electron chi connectivity index (χ4n) is 2.36. The predicted molar refractivity (Wildman–Crippen MR) is 73.4 cm³/mol. The molecule has 0 aromatic heterocycles. The van der Waals surface area contributed by atoms with Gasteiger partial charge in [0.25, 0.3) is 0 Å². The monoisotopic (exact) mass is 254 g/mol. The van der Waals surface area contributed by atoms with E-state index in [9.17, 15) is 4.79 Å². The number of carbonyl (C=O) groups is 1. The second-order valence-electron chi connectivity index (χ2n) is 4.31. The van der Waals surface area contributed by atoms with E-state index >= 15 is 0 Å². The number of halogens is 1. The molecular formula is C16H11ClO. The highest BCUT2D eigenvalue weighted by Crippen LogP contribution is 2.54. The van der Waals surface area contributed by atoms with Gasteiger partial charge in [0, 0.05) is 11.5 Å². The zero-order valence-electron chi connectivity index (χ0n) is 9.64. The molecular weight excluding hydrogens is 244 g/mol. The van der Waals surface area contributed by atoms with Gasteiger partial charge in [0.05, 0.1) is 0 Å². The predicted octanol–water partition coefficient (Wildman–Crippen LogP) is 4.00. The van der Waals surface area contributed by atoms with E-state index in [1.165, 1.54) is 0 Å². The van der Waals surface area contributed by atoms with Gasteiger partial charge in [-0.25, -0.2) is 0 Å². The third-order valence-corrected chi connectivity index (χ3v) is 3.42. The van der Waals surface area contributed by atoms with E-state index in [1.807, 2.05) is 60.7 Å². The minimum absolute atomic E-state index is 0.0681. The fourth-order valence-corrected chi connectivity index (χ4v) is 2.57. The van der Waals surface area contributed by atoms with Gasteiger partial charge in [-0.1, -0.05) is 60.7 Å². The lowest BCUT2D eigenvalue weighted by Gasteiger charge is -2.01. The van der Waals surface area contributed by atoms with E-state index in [2.05, 4.69) is 0 Å². The minimum atomic E-state index is -0.345. The van der Waals surface area contributed by atoms with Crippen molar-refractivity contribution in [3.8, 4) is 0 Å². The summed E-state index contributed by atoms with van der Waals surface area (Å²) in [5.41, 5.74) is 3.99. The smallest absolute Gasteiger partial charge is 0.249 e. The summed E-state index contributed by atoms with van der Waals surface area (Å²) in [5, 5.41) is -0.345. The molecule has 1 aliphatic rings. The molecule has 1 aliphatic carbocycles. The third kappa shape index (κ3) is 1.87. The number of carbonyl (C=O) groups excluding carboxylic acids is 1. The molecule has 0 bridgehead atoms. The largest absolute Gasteiger partial charge is 0.276 e. The van der Waals surface area contributed by atoms with Crippen LogP contribution in [0.25, 0.3) is 5.57 Å². The molecule has 0 aliphatic heterocycles. The Labute approximate surface area is 111 Å². The van der Waals surface area contributed by atoms with Crippen molar-refractivity contribution in [3.05, 3.63) is 77.4 Å². The van der Waals surface area contributed by atoms with Crippen molar-refractivity contribution in [2.75, 3.05) is 0 Å². The van der Waals surface area contributed by atoms with Crippen molar-refractivity contribution in [1.29, 1.82) is 0 Å². The molecule has 18 heavy (non-hydrogen) atoms. The van der Waals surface area contributed by atoms with Crippen molar-refractivity contribution >= 4 is 22.4 Å².